The highest BCUT2D eigenvalue weighted by Crippen LogP contribution is 2.27. The highest BCUT2D eigenvalue weighted by Gasteiger charge is 2.26. The third kappa shape index (κ3) is 3.83. The average molecular weight is 382 g/mol. The second-order valence-electron chi connectivity index (χ2n) is 6.97. The Kier molecular flexibility index (Phi) is 4.85. The summed E-state index contributed by atoms with van der Waals surface area (Å²) in [7, 11) is 3.94. The van der Waals surface area contributed by atoms with E-state index in [9.17, 15) is 4.79 Å². The zero-order valence-corrected chi connectivity index (χ0v) is 16.3. The average Bonchev–Trinajstić information content (AvgIpc) is 3.42. The Labute approximate surface area is 162 Å². The Morgan fingerprint density at radius 3 is 2.96 bits per heavy atom. The molecule has 6 nitrogen and oxygen atoms in total. The van der Waals surface area contributed by atoms with Crippen LogP contribution in [-0.2, 0) is 0 Å². The SMILES string of the molecule is CN(C)c1cccc(C(=O)N[C@H]2CCN(c3cc(-c4cccs4)[nH]n3)C2)c1. The topological polar surface area (TPSA) is 64.3 Å². The third-order valence-corrected chi connectivity index (χ3v) is 5.73. The molecular weight excluding hydrogens is 358 g/mol. The molecule has 2 aromatic heterocycles. The van der Waals surface area contributed by atoms with E-state index in [0.717, 1.165) is 36.7 Å². The van der Waals surface area contributed by atoms with Crippen molar-refractivity contribution in [3.8, 4) is 10.6 Å². The second kappa shape index (κ2) is 7.44. The molecule has 0 saturated carbocycles. The monoisotopic (exact) mass is 381 g/mol. The Morgan fingerprint density at radius 2 is 2.19 bits per heavy atom. The maximum atomic E-state index is 12.6. The molecule has 0 radical (unpaired) electrons. The van der Waals surface area contributed by atoms with Gasteiger partial charge >= 0.3 is 0 Å². The van der Waals surface area contributed by atoms with Crippen LogP contribution in [0.1, 0.15) is 16.8 Å². The molecule has 0 unspecified atom stereocenters. The van der Waals surface area contributed by atoms with E-state index in [0.29, 0.717) is 5.56 Å². The number of benzene rings is 1. The van der Waals surface area contributed by atoms with Crippen LogP contribution in [0.3, 0.4) is 0 Å². The fourth-order valence-corrected chi connectivity index (χ4v) is 4.00. The molecule has 0 bridgehead atoms. The Morgan fingerprint density at radius 1 is 1.30 bits per heavy atom. The summed E-state index contributed by atoms with van der Waals surface area (Å²) in [6.45, 7) is 1.66. The number of anilines is 2. The zero-order chi connectivity index (χ0) is 18.8. The molecule has 0 spiro atoms. The van der Waals surface area contributed by atoms with Gasteiger partial charge in [0.25, 0.3) is 5.91 Å². The summed E-state index contributed by atoms with van der Waals surface area (Å²) in [5.74, 6) is 0.914. The van der Waals surface area contributed by atoms with Crippen LogP contribution < -0.4 is 15.1 Å². The van der Waals surface area contributed by atoms with Crippen molar-refractivity contribution in [2.24, 2.45) is 0 Å². The lowest BCUT2D eigenvalue weighted by Gasteiger charge is -2.17. The zero-order valence-electron chi connectivity index (χ0n) is 15.5. The molecule has 2 N–H and O–H groups in total. The number of H-pyrrole nitrogens is 1. The summed E-state index contributed by atoms with van der Waals surface area (Å²) in [5, 5.41) is 12.8. The van der Waals surface area contributed by atoms with Gasteiger partial charge in [-0.3, -0.25) is 9.89 Å². The predicted octanol–water partition coefficient (Wildman–Crippen LogP) is 3.21. The molecule has 4 rings (SSSR count). The molecule has 3 heterocycles. The van der Waals surface area contributed by atoms with E-state index in [2.05, 4.69) is 37.9 Å². The van der Waals surface area contributed by atoms with E-state index in [1.54, 1.807) is 11.3 Å². The molecule has 0 aliphatic carbocycles. The van der Waals surface area contributed by atoms with Crippen LogP contribution in [0, 0.1) is 0 Å². The van der Waals surface area contributed by atoms with E-state index in [-0.39, 0.29) is 11.9 Å². The highest BCUT2D eigenvalue weighted by molar-refractivity contribution is 7.13. The summed E-state index contributed by atoms with van der Waals surface area (Å²) in [6.07, 6.45) is 0.917. The van der Waals surface area contributed by atoms with Crippen LogP contribution in [-0.4, -0.2) is 49.3 Å². The van der Waals surface area contributed by atoms with Gasteiger partial charge < -0.3 is 15.1 Å². The van der Waals surface area contributed by atoms with Crippen molar-refractivity contribution in [3.63, 3.8) is 0 Å². The lowest BCUT2D eigenvalue weighted by atomic mass is 10.1. The van der Waals surface area contributed by atoms with Crippen LogP contribution in [0.15, 0.2) is 47.8 Å². The number of hydrogen-bond donors (Lipinski definition) is 2. The lowest BCUT2D eigenvalue weighted by molar-refractivity contribution is 0.0940. The fourth-order valence-electron chi connectivity index (χ4n) is 3.31. The first-order valence-corrected chi connectivity index (χ1v) is 9.90. The van der Waals surface area contributed by atoms with Crippen molar-refractivity contribution in [1.82, 2.24) is 15.5 Å². The highest BCUT2D eigenvalue weighted by atomic mass is 32.1. The largest absolute Gasteiger partial charge is 0.378 e. The van der Waals surface area contributed by atoms with Crippen LogP contribution >= 0.6 is 11.3 Å². The molecule has 1 fully saturated rings. The minimum atomic E-state index is -0.0214. The molecule has 1 aliphatic rings. The Bertz CT molecular complexity index is 918. The standard InChI is InChI=1S/C20H23N5OS/c1-24(2)16-6-3-5-14(11-16)20(26)21-15-8-9-25(13-15)19-12-17(22-23-19)18-7-4-10-27-18/h3-7,10-12,15H,8-9,13H2,1-2H3,(H,21,26)(H,22,23)/t15-/m0/s1. The minimum Gasteiger partial charge on any atom is -0.378 e. The van der Waals surface area contributed by atoms with Gasteiger partial charge in [0.1, 0.15) is 0 Å². The van der Waals surface area contributed by atoms with Crippen LogP contribution in [0.25, 0.3) is 10.6 Å². The molecule has 1 atom stereocenters. The molecule has 27 heavy (non-hydrogen) atoms. The van der Waals surface area contributed by atoms with Crippen molar-refractivity contribution < 1.29 is 4.79 Å². The van der Waals surface area contributed by atoms with Crippen LogP contribution in [0.5, 0.6) is 0 Å². The fraction of sp³-hybridized carbons (Fsp3) is 0.300. The summed E-state index contributed by atoms with van der Waals surface area (Å²) in [5.41, 5.74) is 2.75. The van der Waals surface area contributed by atoms with Crippen molar-refractivity contribution in [3.05, 3.63) is 53.4 Å². The van der Waals surface area contributed by atoms with Gasteiger partial charge in [0.2, 0.25) is 0 Å². The molecule has 3 aromatic rings. The first-order valence-electron chi connectivity index (χ1n) is 9.02. The molecule has 1 amide bonds. The number of nitrogens with one attached hydrogen (secondary N) is 2. The molecule has 1 saturated heterocycles. The predicted molar refractivity (Wildman–Crippen MR) is 111 cm³/mol. The number of carbonyl (C=O) groups excluding carboxylic acids is 1. The summed E-state index contributed by atoms with van der Waals surface area (Å²) >= 11 is 1.69. The third-order valence-electron chi connectivity index (χ3n) is 4.82. The van der Waals surface area contributed by atoms with Crippen LogP contribution in [0.4, 0.5) is 11.5 Å². The van der Waals surface area contributed by atoms with E-state index in [1.807, 2.05) is 49.3 Å². The minimum absolute atomic E-state index is 0.0214. The second-order valence-corrected chi connectivity index (χ2v) is 7.91. The van der Waals surface area contributed by atoms with Gasteiger partial charge in [0, 0.05) is 50.5 Å². The van der Waals surface area contributed by atoms with Gasteiger partial charge in [-0.15, -0.1) is 11.3 Å². The Balaban J connectivity index is 1.38. The number of amides is 1. The summed E-state index contributed by atoms with van der Waals surface area (Å²) < 4.78 is 0. The normalized spacial score (nSPS) is 16.5. The van der Waals surface area contributed by atoms with Gasteiger partial charge in [-0.1, -0.05) is 12.1 Å². The summed E-state index contributed by atoms with van der Waals surface area (Å²) in [6, 6.07) is 14.0. The Hall–Kier alpha value is -2.80. The summed E-state index contributed by atoms with van der Waals surface area (Å²) in [4.78, 5) is 18.0. The van der Waals surface area contributed by atoms with Gasteiger partial charge in [-0.05, 0) is 36.1 Å². The maximum absolute atomic E-state index is 12.6. The van der Waals surface area contributed by atoms with Crippen LogP contribution in [0.2, 0.25) is 0 Å². The number of carbonyl (C=O) groups is 1. The van der Waals surface area contributed by atoms with E-state index in [1.165, 1.54) is 4.88 Å². The van der Waals surface area contributed by atoms with Gasteiger partial charge in [0.15, 0.2) is 5.82 Å². The van der Waals surface area contributed by atoms with E-state index < -0.39 is 0 Å². The first kappa shape index (κ1) is 17.6. The van der Waals surface area contributed by atoms with Crippen molar-refractivity contribution in [1.29, 1.82) is 0 Å². The molecule has 7 heteroatoms. The number of aromatic amines is 1. The molecular formula is C20H23N5OS. The van der Waals surface area contributed by atoms with Gasteiger partial charge in [-0.25, -0.2) is 0 Å². The maximum Gasteiger partial charge on any atom is 0.251 e. The lowest BCUT2D eigenvalue weighted by Crippen LogP contribution is -2.37. The van der Waals surface area contributed by atoms with Gasteiger partial charge in [-0.2, -0.15) is 5.10 Å². The molecule has 1 aliphatic heterocycles. The van der Waals surface area contributed by atoms with E-state index >= 15 is 0 Å². The first-order chi connectivity index (χ1) is 13.1. The van der Waals surface area contributed by atoms with Crippen molar-refractivity contribution in [2.75, 3.05) is 37.0 Å². The van der Waals surface area contributed by atoms with Gasteiger partial charge in [0.05, 0.1) is 10.6 Å². The molecule has 140 valence electrons. The van der Waals surface area contributed by atoms with E-state index in [4.69, 9.17) is 0 Å². The number of aromatic nitrogens is 2. The number of rotatable bonds is 5. The van der Waals surface area contributed by atoms with Crippen molar-refractivity contribution >= 4 is 28.7 Å². The number of nitrogens with zero attached hydrogens (tertiary/aromatic N) is 3. The smallest absolute Gasteiger partial charge is 0.251 e. The van der Waals surface area contributed by atoms with Crippen molar-refractivity contribution in [2.45, 2.75) is 12.5 Å². The quantitative estimate of drug-likeness (QED) is 0.712. The number of hydrogen-bond acceptors (Lipinski definition) is 5. The molecule has 1 aromatic carbocycles. The number of thiophene rings is 1.